The average Bonchev–Trinajstić information content (AvgIpc) is 2.79. The van der Waals surface area contributed by atoms with Gasteiger partial charge in [-0.2, -0.15) is 0 Å². The first-order chi connectivity index (χ1) is 15.0. The molecule has 2 N–H and O–H groups in total. The van der Waals surface area contributed by atoms with Crippen LogP contribution >= 0.6 is 0 Å². The Labute approximate surface area is 180 Å². The van der Waals surface area contributed by atoms with E-state index in [1.54, 1.807) is 29.3 Å². The Hall–Kier alpha value is -3.54. The van der Waals surface area contributed by atoms with E-state index in [4.69, 9.17) is 5.73 Å². The molecule has 1 aliphatic heterocycles. The van der Waals surface area contributed by atoms with E-state index < -0.39 is 11.3 Å². The lowest BCUT2D eigenvalue weighted by atomic mass is 9.74. The van der Waals surface area contributed by atoms with Gasteiger partial charge in [0.15, 0.2) is 0 Å². The molecule has 2 heterocycles. The fourth-order valence-electron chi connectivity index (χ4n) is 4.33. The molecule has 1 aliphatic rings. The number of rotatable bonds is 5. The van der Waals surface area contributed by atoms with Crippen LogP contribution in [0.25, 0.3) is 11.1 Å². The van der Waals surface area contributed by atoms with Crippen LogP contribution in [-0.4, -0.2) is 34.8 Å². The van der Waals surface area contributed by atoms with Crippen LogP contribution in [0.4, 0.5) is 4.39 Å². The molecule has 0 spiro atoms. The van der Waals surface area contributed by atoms with Gasteiger partial charge in [0.05, 0.1) is 11.0 Å². The number of carbonyl (C=O) groups excluding carboxylic acids is 2. The first-order valence-electron chi connectivity index (χ1n) is 10.3. The molecule has 5 nitrogen and oxygen atoms in total. The van der Waals surface area contributed by atoms with Crippen LogP contribution in [0.5, 0.6) is 0 Å². The zero-order valence-corrected chi connectivity index (χ0v) is 17.1. The molecule has 1 saturated heterocycles. The van der Waals surface area contributed by atoms with Crippen LogP contribution in [0, 0.1) is 11.2 Å². The molecule has 3 aromatic rings. The highest BCUT2D eigenvalue weighted by atomic mass is 19.1. The lowest BCUT2D eigenvalue weighted by Crippen LogP contribution is -2.53. The van der Waals surface area contributed by atoms with E-state index >= 15 is 0 Å². The van der Waals surface area contributed by atoms with Crippen LogP contribution in [0.1, 0.15) is 28.8 Å². The number of pyridine rings is 1. The maximum Gasteiger partial charge on any atom is 0.255 e. The van der Waals surface area contributed by atoms with Gasteiger partial charge in [-0.05, 0) is 60.2 Å². The molecule has 31 heavy (non-hydrogen) atoms. The second-order valence-electron chi connectivity index (χ2n) is 8.10. The fraction of sp³-hybridized carbons (Fsp3) is 0.240. The van der Waals surface area contributed by atoms with Gasteiger partial charge in [-0.3, -0.25) is 14.6 Å². The van der Waals surface area contributed by atoms with E-state index in [1.807, 2.05) is 30.3 Å². The molecular weight excluding hydrogens is 393 g/mol. The molecule has 2 amide bonds. The zero-order chi connectivity index (χ0) is 21.8. The van der Waals surface area contributed by atoms with E-state index in [-0.39, 0.29) is 18.3 Å². The standard InChI is InChI=1S/C25H24FN3O2/c26-22-9-2-7-20(14-22)19-6-1-5-18(13-19)15-25(24(27)31)10-4-12-29(17-25)23(30)21-8-3-11-28-16-21/h1-3,5-9,11,13-14,16H,4,10,12,15,17H2,(H2,27,31)/t25-/m1/s1. The fourth-order valence-corrected chi connectivity index (χ4v) is 4.33. The number of likely N-dealkylation sites (tertiary alicyclic amines) is 1. The Morgan fingerprint density at radius 1 is 1.06 bits per heavy atom. The summed E-state index contributed by atoms with van der Waals surface area (Å²) in [5, 5.41) is 0. The van der Waals surface area contributed by atoms with Crippen molar-refractivity contribution in [2.24, 2.45) is 11.1 Å². The van der Waals surface area contributed by atoms with Crippen molar-refractivity contribution in [3.8, 4) is 11.1 Å². The summed E-state index contributed by atoms with van der Waals surface area (Å²) in [4.78, 5) is 31.3. The maximum absolute atomic E-state index is 13.6. The summed E-state index contributed by atoms with van der Waals surface area (Å²) < 4.78 is 13.6. The minimum absolute atomic E-state index is 0.146. The Kier molecular flexibility index (Phi) is 5.80. The Balaban J connectivity index is 1.60. The van der Waals surface area contributed by atoms with Gasteiger partial charge < -0.3 is 10.6 Å². The second-order valence-corrected chi connectivity index (χ2v) is 8.10. The van der Waals surface area contributed by atoms with Crippen molar-refractivity contribution >= 4 is 11.8 Å². The third-order valence-corrected chi connectivity index (χ3v) is 5.92. The number of piperidine rings is 1. The molecule has 1 atom stereocenters. The number of aromatic nitrogens is 1. The van der Waals surface area contributed by atoms with Crippen molar-refractivity contribution in [3.05, 3.63) is 90.0 Å². The summed E-state index contributed by atoms with van der Waals surface area (Å²) in [6, 6.07) is 17.6. The molecule has 1 aromatic heterocycles. The number of primary amides is 1. The highest BCUT2D eigenvalue weighted by Gasteiger charge is 2.42. The Morgan fingerprint density at radius 3 is 2.55 bits per heavy atom. The normalized spacial score (nSPS) is 18.5. The minimum atomic E-state index is -0.851. The van der Waals surface area contributed by atoms with Gasteiger partial charge in [-0.25, -0.2) is 4.39 Å². The van der Waals surface area contributed by atoms with Crippen LogP contribution in [-0.2, 0) is 11.2 Å². The number of amides is 2. The third kappa shape index (κ3) is 4.48. The predicted octanol–water partition coefficient (Wildman–Crippen LogP) is 3.84. The molecule has 0 saturated carbocycles. The largest absolute Gasteiger partial charge is 0.369 e. The van der Waals surface area contributed by atoms with Crippen molar-refractivity contribution in [1.82, 2.24) is 9.88 Å². The van der Waals surface area contributed by atoms with Crippen molar-refractivity contribution < 1.29 is 14.0 Å². The van der Waals surface area contributed by atoms with Crippen molar-refractivity contribution in [1.29, 1.82) is 0 Å². The summed E-state index contributed by atoms with van der Waals surface area (Å²) in [6.07, 6.45) is 4.88. The minimum Gasteiger partial charge on any atom is -0.369 e. The first-order valence-corrected chi connectivity index (χ1v) is 10.3. The number of hydrogen-bond acceptors (Lipinski definition) is 3. The molecule has 6 heteroatoms. The van der Waals surface area contributed by atoms with Crippen LogP contribution < -0.4 is 5.73 Å². The van der Waals surface area contributed by atoms with Gasteiger partial charge >= 0.3 is 0 Å². The van der Waals surface area contributed by atoms with Gasteiger partial charge in [-0.1, -0.05) is 36.4 Å². The van der Waals surface area contributed by atoms with E-state index in [2.05, 4.69) is 4.98 Å². The third-order valence-electron chi connectivity index (χ3n) is 5.92. The smallest absolute Gasteiger partial charge is 0.255 e. The predicted molar refractivity (Wildman–Crippen MR) is 117 cm³/mol. The topological polar surface area (TPSA) is 76.3 Å². The molecule has 0 radical (unpaired) electrons. The van der Waals surface area contributed by atoms with E-state index in [0.29, 0.717) is 31.4 Å². The molecule has 0 unspecified atom stereocenters. The quantitative estimate of drug-likeness (QED) is 0.685. The summed E-state index contributed by atoms with van der Waals surface area (Å²) in [5.74, 6) is -0.854. The molecule has 0 aliphatic carbocycles. The Bertz CT molecular complexity index is 1100. The number of nitrogens with two attached hydrogens (primary N) is 1. The molecule has 1 fully saturated rings. The Morgan fingerprint density at radius 2 is 1.84 bits per heavy atom. The number of halogens is 1. The van der Waals surface area contributed by atoms with Crippen LogP contribution in [0.3, 0.4) is 0 Å². The van der Waals surface area contributed by atoms with Gasteiger partial charge in [0.2, 0.25) is 5.91 Å². The average molecular weight is 417 g/mol. The lowest BCUT2D eigenvalue weighted by Gasteiger charge is -2.41. The van der Waals surface area contributed by atoms with E-state index in [1.165, 1.54) is 18.3 Å². The monoisotopic (exact) mass is 417 g/mol. The van der Waals surface area contributed by atoms with Crippen LogP contribution in [0.15, 0.2) is 73.1 Å². The van der Waals surface area contributed by atoms with Gasteiger partial charge in [0.1, 0.15) is 5.82 Å². The lowest BCUT2D eigenvalue weighted by molar-refractivity contribution is -0.130. The summed E-state index contributed by atoms with van der Waals surface area (Å²) >= 11 is 0. The van der Waals surface area contributed by atoms with E-state index in [0.717, 1.165) is 16.7 Å². The number of nitrogens with zero attached hydrogens (tertiary/aromatic N) is 2. The van der Waals surface area contributed by atoms with Crippen molar-refractivity contribution in [3.63, 3.8) is 0 Å². The molecule has 4 rings (SSSR count). The van der Waals surface area contributed by atoms with Gasteiger partial charge in [-0.15, -0.1) is 0 Å². The van der Waals surface area contributed by atoms with Gasteiger partial charge in [0, 0.05) is 25.5 Å². The molecule has 2 aromatic carbocycles. The summed E-state index contributed by atoms with van der Waals surface area (Å²) in [5.41, 5.74) is 8.10. The second kappa shape index (κ2) is 8.68. The summed E-state index contributed by atoms with van der Waals surface area (Å²) in [6.45, 7) is 0.840. The highest BCUT2D eigenvalue weighted by molar-refractivity contribution is 5.94. The molecule has 0 bridgehead atoms. The van der Waals surface area contributed by atoms with Gasteiger partial charge in [0.25, 0.3) is 5.91 Å². The highest BCUT2D eigenvalue weighted by Crippen LogP contribution is 2.35. The first kappa shape index (κ1) is 20.7. The number of hydrogen-bond donors (Lipinski definition) is 1. The SMILES string of the molecule is NC(=O)[C@@]1(Cc2cccc(-c3cccc(F)c3)c2)CCCN(C(=O)c2cccnc2)C1. The maximum atomic E-state index is 13.6. The molecule has 158 valence electrons. The zero-order valence-electron chi connectivity index (χ0n) is 17.1. The van der Waals surface area contributed by atoms with Crippen molar-refractivity contribution in [2.75, 3.05) is 13.1 Å². The van der Waals surface area contributed by atoms with E-state index in [9.17, 15) is 14.0 Å². The molecular formula is C25H24FN3O2. The van der Waals surface area contributed by atoms with Crippen molar-refractivity contribution in [2.45, 2.75) is 19.3 Å². The number of carbonyl (C=O) groups is 2. The van der Waals surface area contributed by atoms with Crippen LogP contribution in [0.2, 0.25) is 0 Å². The summed E-state index contributed by atoms with van der Waals surface area (Å²) in [7, 11) is 0. The number of benzene rings is 2.